The molecule has 0 unspecified atom stereocenters. The lowest BCUT2D eigenvalue weighted by molar-refractivity contribution is 0.415. The van der Waals surface area contributed by atoms with E-state index in [1.165, 1.54) is 0 Å². The molecule has 0 spiro atoms. The van der Waals surface area contributed by atoms with Crippen LogP contribution in [0.15, 0.2) is 53.5 Å². The molecule has 0 saturated carbocycles. The Kier molecular flexibility index (Phi) is 4.90. The average Bonchev–Trinajstić information content (AvgIpc) is 3.14. The molecule has 0 bridgehead atoms. The van der Waals surface area contributed by atoms with E-state index >= 15 is 0 Å². The van der Waals surface area contributed by atoms with E-state index in [2.05, 4.69) is 28.3 Å². The fourth-order valence-electron chi connectivity index (χ4n) is 3.32. The van der Waals surface area contributed by atoms with E-state index in [-0.39, 0.29) is 5.56 Å². The monoisotopic (exact) mass is 396 g/mol. The van der Waals surface area contributed by atoms with Crippen LogP contribution in [-0.4, -0.2) is 27.1 Å². The van der Waals surface area contributed by atoms with Gasteiger partial charge in [0.05, 0.1) is 41.7 Å². The van der Waals surface area contributed by atoms with Crippen LogP contribution in [0.4, 0.5) is 0 Å². The number of hydrogen-bond acceptors (Lipinski definition) is 5. The minimum absolute atomic E-state index is 0.262. The molecule has 1 N–H and O–H groups in total. The number of allylic oxidation sites excluding steroid dienone is 1. The third-order valence-electron chi connectivity index (χ3n) is 4.97. The predicted molar refractivity (Wildman–Crippen MR) is 116 cm³/mol. The number of methoxy groups -OCH3 is 1. The molecule has 147 valence electrons. The highest BCUT2D eigenvalue weighted by molar-refractivity contribution is 5.94. The number of aromatic amines is 1. The molecular formula is C23H18N5O2. The highest BCUT2D eigenvalue weighted by atomic mass is 16.5. The first-order chi connectivity index (χ1) is 14.5. The van der Waals surface area contributed by atoms with Crippen molar-refractivity contribution < 1.29 is 4.74 Å². The average molecular weight is 396 g/mol. The van der Waals surface area contributed by atoms with Crippen LogP contribution in [0.5, 0.6) is 5.75 Å². The third-order valence-corrected chi connectivity index (χ3v) is 4.97. The van der Waals surface area contributed by atoms with Crippen LogP contribution in [-0.2, 0) is 7.05 Å². The van der Waals surface area contributed by atoms with Crippen LogP contribution in [0.2, 0.25) is 0 Å². The lowest BCUT2D eigenvalue weighted by atomic mass is 9.99. The number of H-pyrrole nitrogens is 1. The van der Waals surface area contributed by atoms with Crippen molar-refractivity contribution in [3.8, 4) is 22.9 Å². The van der Waals surface area contributed by atoms with Crippen molar-refractivity contribution >= 4 is 22.4 Å². The maximum Gasteiger partial charge on any atom is 0.272 e. The largest absolute Gasteiger partial charge is 0.497 e. The zero-order chi connectivity index (χ0) is 21.3. The summed E-state index contributed by atoms with van der Waals surface area (Å²) in [6.45, 7) is 3.90. The fraction of sp³-hybridized carbons (Fsp3) is 0.0870. The van der Waals surface area contributed by atoms with Crippen molar-refractivity contribution in [2.24, 2.45) is 7.05 Å². The fourth-order valence-corrected chi connectivity index (χ4v) is 3.32. The number of fused-ring (bicyclic) bond motifs is 1. The maximum absolute atomic E-state index is 12.0. The molecule has 0 amide bonds. The first-order valence-electron chi connectivity index (χ1n) is 9.15. The predicted octanol–water partition coefficient (Wildman–Crippen LogP) is 3.58. The second kappa shape index (κ2) is 7.68. The molecule has 0 aliphatic carbocycles. The Morgan fingerprint density at radius 2 is 2.00 bits per heavy atom. The number of ether oxygens (including phenoxy) is 1. The molecule has 0 aliphatic rings. The van der Waals surface area contributed by atoms with Gasteiger partial charge >= 0.3 is 0 Å². The molecule has 30 heavy (non-hydrogen) atoms. The number of aryl methyl sites for hydroxylation is 1. The third kappa shape index (κ3) is 3.35. The standard InChI is InChI=1S/C23H18N5O2/c1-14-20-10-16(6-9-19(20)23(29)27-26-14)21-13-25-28(2)22(21)11-17(12-24)15-4-7-18(30-3)8-5-15/h4-11,13H,1H2,2-3H3,(H,27,29). The summed E-state index contributed by atoms with van der Waals surface area (Å²) in [6, 6.07) is 15.0. The van der Waals surface area contributed by atoms with Gasteiger partial charge in [0.2, 0.25) is 0 Å². The molecule has 2 aromatic carbocycles. The van der Waals surface area contributed by atoms with Crippen LogP contribution in [0.3, 0.4) is 0 Å². The van der Waals surface area contributed by atoms with Crippen molar-refractivity contribution in [3.05, 3.63) is 82.9 Å². The van der Waals surface area contributed by atoms with Crippen molar-refractivity contribution in [1.82, 2.24) is 20.0 Å². The molecule has 7 heteroatoms. The highest BCUT2D eigenvalue weighted by Crippen LogP contribution is 2.30. The van der Waals surface area contributed by atoms with Crippen LogP contribution < -0.4 is 10.3 Å². The van der Waals surface area contributed by atoms with Gasteiger partial charge in [0.15, 0.2) is 0 Å². The molecule has 2 aromatic heterocycles. The van der Waals surface area contributed by atoms with E-state index < -0.39 is 0 Å². The van der Waals surface area contributed by atoms with E-state index in [1.807, 2.05) is 43.4 Å². The van der Waals surface area contributed by atoms with Crippen molar-refractivity contribution in [1.29, 1.82) is 5.26 Å². The topological polar surface area (TPSA) is 96.6 Å². The summed E-state index contributed by atoms with van der Waals surface area (Å²) in [5, 5.41) is 21.7. The number of rotatable bonds is 4. The minimum atomic E-state index is -0.262. The van der Waals surface area contributed by atoms with Crippen LogP contribution in [0.25, 0.3) is 33.5 Å². The molecule has 0 saturated heterocycles. The van der Waals surface area contributed by atoms with Gasteiger partial charge in [0, 0.05) is 18.0 Å². The molecule has 1 radical (unpaired) electrons. The number of nitriles is 1. The van der Waals surface area contributed by atoms with Crippen LogP contribution in [0, 0.1) is 18.3 Å². The highest BCUT2D eigenvalue weighted by Gasteiger charge is 2.13. The van der Waals surface area contributed by atoms with Gasteiger partial charge in [-0.25, -0.2) is 5.10 Å². The number of aromatic nitrogens is 4. The van der Waals surface area contributed by atoms with Gasteiger partial charge in [-0.3, -0.25) is 9.48 Å². The second-order valence-corrected chi connectivity index (χ2v) is 6.73. The minimum Gasteiger partial charge on any atom is -0.497 e. The van der Waals surface area contributed by atoms with Crippen molar-refractivity contribution in [2.75, 3.05) is 7.11 Å². The van der Waals surface area contributed by atoms with E-state index in [4.69, 9.17) is 4.74 Å². The Hall–Kier alpha value is -4.18. The van der Waals surface area contributed by atoms with Gasteiger partial charge < -0.3 is 4.74 Å². The lowest BCUT2D eigenvalue weighted by Crippen LogP contribution is -2.09. The van der Waals surface area contributed by atoms with E-state index in [0.29, 0.717) is 22.0 Å². The van der Waals surface area contributed by atoms with Gasteiger partial charge in [0.25, 0.3) is 5.56 Å². The van der Waals surface area contributed by atoms with Crippen LogP contribution >= 0.6 is 0 Å². The quantitative estimate of drug-likeness (QED) is 0.532. The molecule has 4 aromatic rings. The zero-order valence-corrected chi connectivity index (χ0v) is 16.5. The zero-order valence-electron chi connectivity index (χ0n) is 16.5. The smallest absolute Gasteiger partial charge is 0.272 e. The van der Waals surface area contributed by atoms with Gasteiger partial charge in [-0.15, -0.1) is 0 Å². The summed E-state index contributed by atoms with van der Waals surface area (Å²) in [5.74, 6) is 0.723. The Bertz CT molecular complexity index is 1370. The molecule has 4 rings (SSSR count). The molecule has 0 aliphatic heterocycles. The number of benzene rings is 2. The Morgan fingerprint density at radius 3 is 2.70 bits per heavy atom. The molecule has 2 heterocycles. The number of hydrogen-bond donors (Lipinski definition) is 1. The van der Waals surface area contributed by atoms with Crippen LogP contribution in [0.1, 0.15) is 17.0 Å². The summed E-state index contributed by atoms with van der Waals surface area (Å²) in [5.41, 5.74) is 3.96. The summed E-state index contributed by atoms with van der Waals surface area (Å²) in [7, 11) is 3.42. The summed E-state index contributed by atoms with van der Waals surface area (Å²) >= 11 is 0. The molecule has 0 atom stereocenters. The molecule has 0 fully saturated rings. The first-order valence-corrected chi connectivity index (χ1v) is 9.15. The van der Waals surface area contributed by atoms with Crippen molar-refractivity contribution in [3.63, 3.8) is 0 Å². The summed E-state index contributed by atoms with van der Waals surface area (Å²) in [4.78, 5) is 12.0. The van der Waals surface area contributed by atoms with E-state index in [1.54, 1.807) is 30.1 Å². The Morgan fingerprint density at radius 1 is 1.23 bits per heavy atom. The molecular weight excluding hydrogens is 378 g/mol. The Balaban J connectivity index is 1.84. The SMILES string of the molecule is [CH2]c1n[nH]c(=O)c2ccc(-c3cnn(C)c3C=C(C#N)c3ccc(OC)cc3)cc12. The maximum atomic E-state index is 12.0. The van der Waals surface area contributed by atoms with Crippen molar-refractivity contribution in [2.45, 2.75) is 0 Å². The van der Waals surface area contributed by atoms with Gasteiger partial charge in [-0.2, -0.15) is 15.5 Å². The van der Waals surface area contributed by atoms with Gasteiger partial charge in [-0.05, 0) is 60.5 Å². The van der Waals surface area contributed by atoms with Gasteiger partial charge in [0.1, 0.15) is 5.75 Å². The number of nitrogens with zero attached hydrogens (tertiary/aromatic N) is 4. The van der Waals surface area contributed by atoms with E-state index in [0.717, 1.165) is 28.1 Å². The lowest BCUT2D eigenvalue weighted by Gasteiger charge is -2.07. The normalized spacial score (nSPS) is 11.5. The number of nitrogens with one attached hydrogen (secondary N) is 1. The Labute approximate surface area is 172 Å². The second-order valence-electron chi connectivity index (χ2n) is 6.73. The summed E-state index contributed by atoms with van der Waals surface area (Å²) in [6.07, 6.45) is 3.54. The molecule has 7 nitrogen and oxygen atoms in total. The first kappa shape index (κ1) is 19.2. The van der Waals surface area contributed by atoms with E-state index in [9.17, 15) is 10.1 Å². The summed E-state index contributed by atoms with van der Waals surface area (Å²) < 4.78 is 6.90. The van der Waals surface area contributed by atoms with Gasteiger partial charge in [-0.1, -0.05) is 6.07 Å².